The van der Waals surface area contributed by atoms with Crippen molar-refractivity contribution >= 4 is 5.97 Å². The van der Waals surface area contributed by atoms with Gasteiger partial charge in [0.25, 0.3) is 0 Å². The predicted molar refractivity (Wildman–Crippen MR) is 72.5 cm³/mol. The Morgan fingerprint density at radius 2 is 2.11 bits per heavy atom. The van der Waals surface area contributed by atoms with E-state index in [0.717, 1.165) is 18.5 Å². The van der Waals surface area contributed by atoms with Crippen LogP contribution in [0.4, 0.5) is 0 Å². The van der Waals surface area contributed by atoms with Gasteiger partial charge in [-0.1, -0.05) is 19.1 Å². The highest BCUT2D eigenvalue weighted by Gasteiger charge is 2.12. The van der Waals surface area contributed by atoms with Crippen molar-refractivity contribution in [2.75, 3.05) is 27.4 Å². The number of nitrogens with one attached hydrogen (secondary N) is 1. The zero-order chi connectivity index (χ0) is 14.1. The number of hydrogen-bond donors (Lipinski definition) is 1. The van der Waals surface area contributed by atoms with E-state index < -0.39 is 5.97 Å². The number of carbonyl (C=O) groups excluding carboxylic acids is 1. The maximum absolute atomic E-state index is 11.2. The molecule has 0 saturated heterocycles. The molecule has 1 aromatic carbocycles. The van der Waals surface area contributed by atoms with Gasteiger partial charge in [0, 0.05) is 12.1 Å². The van der Waals surface area contributed by atoms with E-state index in [1.54, 1.807) is 13.2 Å². The van der Waals surface area contributed by atoms with Gasteiger partial charge in [0.2, 0.25) is 0 Å². The maximum Gasteiger partial charge on any atom is 0.343 e. The molecular weight excluding hydrogens is 246 g/mol. The molecule has 0 atom stereocenters. The molecule has 1 rings (SSSR count). The first kappa shape index (κ1) is 15.3. The number of rotatable bonds is 8. The lowest BCUT2D eigenvalue weighted by molar-refractivity contribution is -0.142. The number of hydrogen-bond acceptors (Lipinski definition) is 5. The lowest BCUT2D eigenvalue weighted by Gasteiger charge is -2.14. The molecule has 0 unspecified atom stereocenters. The van der Waals surface area contributed by atoms with Crippen LogP contribution in [0.2, 0.25) is 0 Å². The minimum atomic E-state index is -0.418. The van der Waals surface area contributed by atoms with E-state index in [0.29, 0.717) is 18.0 Å². The Bertz CT molecular complexity index is 406. The Balaban J connectivity index is 2.80. The SMILES string of the molecule is CCCNCc1cccc(OC)c1OCC(=O)OC. The average Bonchev–Trinajstić information content (AvgIpc) is 2.45. The highest BCUT2D eigenvalue weighted by Crippen LogP contribution is 2.31. The first-order chi connectivity index (χ1) is 9.22. The number of para-hydroxylation sites is 1. The molecule has 0 aliphatic heterocycles. The van der Waals surface area contributed by atoms with Crippen LogP contribution in [0.5, 0.6) is 11.5 Å². The molecule has 0 amide bonds. The van der Waals surface area contributed by atoms with Crippen molar-refractivity contribution in [3.8, 4) is 11.5 Å². The molecule has 5 nitrogen and oxygen atoms in total. The second-order valence-electron chi connectivity index (χ2n) is 3.99. The van der Waals surface area contributed by atoms with Gasteiger partial charge in [-0.3, -0.25) is 0 Å². The van der Waals surface area contributed by atoms with Crippen molar-refractivity contribution in [1.82, 2.24) is 5.32 Å². The molecule has 1 aromatic rings. The monoisotopic (exact) mass is 267 g/mol. The summed E-state index contributed by atoms with van der Waals surface area (Å²) in [5.74, 6) is 0.775. The number of carbonyl (C=O) groups is 1. The van der Waals surface area contributed by atoms with E-state index in [2.05, 4.69) is 17.0 Å². The van der Waals surface area contributed by atoms with Crippen LogP contribution in [0.3, 0.4) is 0 Å². The van der Waals surface area contributed by atoms with Crippen molar-refractivity contribution in [2.45, 2.75) is 19.9 Å². The zero-order valence-corrected chi connectivity index (χ0v) is 11.7. The first-order valence-electron chi connectivity index (χ1n) is 6.29. The largest absolute Gasteiger partial charge is 0.493 e. The van der Waals surface area contributed by atoms with Gasteiger partial charge < -0.3 is 19.5 Å². The fourth-order valence-electron chi connectivity index (χ4n) is 1.61. The molecule has 0 spiro atoms. The van der Waals surface area contributed by atoms with Gasteiger partial charge in [-0.05, 0) is 19.0 Å². The molecule has 106 valence electrons. The minimum absolute atomic E-state index is 0.127. The Morgan fingerprint density at radius 3 is 2.74 bits per heavy atom. The van der Waals surface area contributed by atoms with Gasteiger partial charge in [0.15, 0.2) is 18.1 Å². The number of benzene rings is 1. The summed E-state index contributed by atoms with van der Waals surface area (Å²) in [5, 5.41) is 3.29. The van der Waals surface area contributed by atoms with Gasteiger partial charge in [-0.15, -0.1) is 0 Å². The van der Waals surface area contributed by atoms with E-state index in [-0.39, 0.29) is 6.61 Å². The molecule has 19 heavy (non-hydrogen) atoms. The zero-order valence-electron chi connectivity index (χ0n) is 11.7. The lowest BCUT2D eigenvalue weighted by Crippen LogP contribution is -2.17. The topological polar surface area (TPSA) is 56.8 Å². The molecule has 0 aliphatic carbocycles. The molecule has 5 heteroatoms. The normalized spacial score (nSPS) is 10.1. The van der Waals surface area contributed by atoms with Gasteiger partial charge in [0.1, 0.15) is 0 Å². The van der Waals surface area contributed by atoms with Gasteiger partial charge in [0.05, 0.1) is 14.2 Å². The van der Waals surface area contributed by atoms with Crippen LogP contribution in [-0.4, -0.2) is 33.3 Å². The van der Waals surface area contributed by atoms with E-state index in [9.17, 15) is 4.79 Å². The Hall–Kier alpha value is -1.75. The van der Waals surface area contributed by atoms with Crippen molar-refractivity contribution in [2.24, 2.45) is 0 Å². The van der Waals surface area contributed by atoms with E-state index in [4.69, 9.17) is 9.47 Å². The second kappa shape index (κ2) is 8.37. The summed E-state index contributed by atoms with van der Waals surface area (Å²) in [6, 6.07) is 5.64. The summed E-state index contributed by atoms with van der Waals surface area (Å²) in [5.41, 5.74) is 0.955. The number of esters is 1. The van der Waals surface area contributed by atoms with Gasteiger partial charge in [-0.25, -0.2) is 4.79 Å². The molecule has 0 saturated carbocycles. The maximum atomic E-state index is 11.2. The van der Waals surface area contributed by atoms with Crippen molar-refractivity contribution < 1.29 is 19.0 Å². The quantitative estimate of drug-likeness (QED) is 0.574. The first-order valence-corrected chi connectivity index (χ1v) is 6.29. The van der Waals surface area contributed by atoms with Gasteiger partial charge >= 0.3 is 5.97 Å². The third-order valence-corrected chi connectivity index (χ3v) is 2.58. The summed E-state index contributed by atoms with van der Waals surface area (Å²) < 4.78 is 15.3. The molecule has 0 fully saturated rings. The third kappa shape index (κ3) is 4.79. The molecular formula is C14H21NO4. The summed E-state index contributed by atoms with van der Waals surface area (Å²) >= 11 is 0. The summed E-state index contributed by atoms with van der Waals surface area (Å²) in [7, 11) is 2.90. The summed E-state index contributed by atoms with van der Waals surface area (Å²) in [4.78, 5) is 11.2. The highest BCUT2D eigenvalue weighted by molar-refractivity contribution is 5.71. The van der Waals surface area contributed by atoms with Crippen LogP contribution < -0.4 is 14.8 Å². The van der Waals surface area contributed by atoms with Crippen LogP contribution in [-0.2, 0) is 16.1 Å². The van der Waals surface area contributed by atoms with E-state index in [1.165, 1.54) is 7.11 Å². The summed E-state index contributed by atoms with van der Waals surface area (Å²) in [6.07, 6.45) is 1.06. The van der Waals surface area contributed by atoms with Crippen LogP contribution in [0.25, 0.3) is 0 Å². The highest BCUT2D eigenvalue weighted by atomic mass is 16.6. The van der Waals surface area contributed by atoms with E-state index in [1.807, 2.05) is 12.1 Å². The Morgan fingerprint density at radius 1 is 1.32 bits per heavy atom. The fraction of sp³-hybridized carbons (Fsp3) is 0.500. The van der Waals surface area contributed by atoms with Crippen LogP contribution >= 0.6 is 0 Å². The second-order valence-corrected chi connectivity index (χ2v) is 3.99. The Kier molecular flexibility index (Phi) is 6.74. The summed E-state index contributed by atoms with van der Waals surface area (Å²) in [6.45, 7) is 3.57. The van der Waals surface area contributed by atoms with Crippen LogP contribution in [0.15, 0.2) is 18.2 Å². The molecule has 0 radical (unpaired) electrons. The predicted octanol–water partition coefficient (Wildman–Crippen LogP) is 1.75. The van der Waals surface area contributed by atoms with Crippen LogP contribution in [0, 0.1) is 0 Å². The average molecular weight is 267 g/mol. The third-order valence-electron chi connectivity index (χ3n) is 2.58. The van der Waals surface area contributed by atoms with E-state index >= 15 is 0 Å². The van der Waals surface area contributed by atoms with Crippen molar-refractivity contribution in [3.63, 3.8) is 0 Å². The molecule has 0 heterocycles. The number of methoxy groups -OCH3 is 2. The number of ether oxygens (including phenoxy) is 3. The standard InChI is InChI=1S/C14H21NO4/c1-4-8-15-9-11-6-5-7-12(17-2)14(11)19-10-13(16)18-3/h5-7,15H,4,8-10H2,1-3H3. The smallest absolute Gasteiger partial charge is 0.343 e. The van der Waals surface area contributed by atoms with Crippen molar-refractivity contribution in [1.29, 1.82) is 0 Å². The molecule has 0 bridgehead atoms. The molecule has 0 aromatic heterocycles. The molecule has 1 N–H and O–H groups in total. The fourth-order valence-corrected chi connectivity index (χ4v) is 1.61. The minimum Gasteiger partial charge on any atom is -0.493 e. The lowest BCUT2D eigenvalue weighted by atomic mass is 10.2. The van der Waals surface area contributed by atoms with Gasteiger partial charge in [-0.2, -0.15) is 0 Å². The van der Waals surface area contributed by atoms with Crippen LogP contribution in [0.1, 0.15) is 18.9 Å². The van der Waals surface area contributed by atoms with Crippen molar-refractivity contribution in [3.05, 3.63) is 23.8 Å². The Labute approximate surface area is 113 Å². The molecule has 0 aliphatic rings.